The number of rotatable bonds is 5. The SMILES string of the molecule is O=C(c1ccccc1)N1CCC(CCOc2cccc(F)c2)CC1. The maximum atomic E-state index is 13.1. The lowest BCUT2D eigenvalue weighted by molar-refractivity contribution is 0.0680. The highest BCUT2D eigenvalue weighted by atomic mass is 19.1. The van der Waals surface area contributed by atoms with Crippen LogP contribution in [0.3, 0.4) is 0 Å². The van der Waals surface area contributed by atoms with Crippen molar-refractivity contribution in [2.45, 2.75) is 19.3 Å². The lowest BCUT2D eigenvalue weighted by atomic mass is 9.93. The molecule has 4 heteroatoms. The Morgan fingerprint density at radius 2 is 1.83 bits per heavy atom. The quantitative estimate of drug-likeness (QED) is 0.826. The normalized spacial score (nSPS) is 15.3. The molecular weight excluding hydrogens is 305 g/mol. The minimum Gasteiger partial charge on any atom is -0.493 e. The Morgan fingerprint density at radius 1 is 1.08 bits per heavy atom. The second-order valence-electron chi connectivity index (χ2n) is 6.20. The zero-order valence-electron chi connectivity index (χ0n) is 13.7. The molecule has 126 valence electrons. The average molecular weight is 327 g/mol. The van der Waals surface area contributed by atoms with Crippen LogP contribution < -0.4 is 4.74 Å². The second-order valence-corrected chi connectivity index (χ2v) is 6.20. The maximum absolute atomic E-state index is 13.1. The van der Waals surface area contributed by atoms with Crippen LogP contribution in [0.5, 0.6) is 5.75 Å². The fourth-order valence-corrected chi connectivity index (χ4v) is 3.09. The number of amides is 1. The minimum atomic E-state index is -0.278. The van der Waals surface area contributed by atoms with Crippen LogP contribution in [0.15, 0.2) is 54.6 Å². The van der Waals surface area contributed by atoms with E-state index in [-0.39, 0.29) is 11.7 Å². The van der Waals surface area contributed by atoms with Crippen LogP contribution in [-0.2, 0) is 0 Å². The van der Waals surface area contributed by atoms with E-state index in [0.717, 1.165) is 37.9 Å². The molecule has 0 unspecified atom stereocenters. The summed E-state index contributed by atoms with van der Waals surface area (Å²) >= 11 is 0. The predicted octanol–water partition coefficient (Wildman–Crippen LogP) is 4.15. The molecule has 1 fully saturated rings. The van der Waals surface area contributed by atoms with Crippen LogP contribution in [0.4, 0.5) is 4.39 Å². The van der Waals surface area contributed by atoms with Crippen molar-refractivity contribution in [2.24, 2.45) is 5.92 Å². The first-order chi connectivity index (χ1) is 11.7. The van der Waals surface area contributed by atoms with Crippen LogP contribution in [0.25, 0.3) is 0 Å². The third kappa shape index (κ3) is 4.34. The number of piperidine rings is 1. The Bertz CT molecular complexity index is 666. The Morgan fingerprint density at radius 3 is 2.54 bits per heavy atom. The van der Waals surface area contributed by atoms with E-state index >= 15 is 0 Å². The van der Waals surface area contributed by atoms with Gasteiger partial charge in [-0.1, -0.05) is 24.3 Å². The van der Waals surface area contributed by atoms with Crippen LogP contribution in [0, 0.1) is 11.7 Å². The molecule has 2 aromatic rings. The van der Waals surface area contributed by atoms with Crippen molar-refractivity contribution in [1.82, 2.24) is 4.90 Å². The third-order valence-electron chi connectivity index (χ3n) is 4.51. The number of hydrogen-bond acceptors (Lipinski definition) is 2. The summed E-state index contributed by atoms with van der Waals surface area (Å²) in [6.45, 7) is 2.16. The Kier molecular flexibility index (Phi) is 5.47. The summed E-state index contributed by atoms with van der Waals surface area (Å²) in [6.07, 6.45) is 2.92. The zero-order chi connectivity index (χ0) is 16.8. The number of carbonyl (C=O) groups excluding carboxylic acids is 1. The van der Waals surface area contributed by atoms with Gasteiger partial charge in [-0.25, -0.2) is 4.39 Å². The van der Waals surface area contributed by atoms with Gasteiger partial charge in [0.2, 0.25) is 0 Å². The monoisotopic (exact) mass is 327 g/mol. The third-order valence-corrected chi connectivity index (χ3v) is 4.51. The molecule has 0 radical (unpaired) electrons. The molecule has 0 atom stereocenters. The molecule has 2 aromatic carbocycles. The lowest BCUT2D eigenvalue weighted by Gasteiger charge is -2.32. The standard InChI is InChI=1S/C20H22FNO2/c21-18-7-4-8-19(15-18)24-14-11-16-9-12-22(13-10-16)20(23)17-5-2-1-3-6-17/h1-8,15-16H,9-14H2. The Labute approximate surface area is 142 Å². The molecule has 0 saturated carbocycles. The van der Waals surface area contributed by atoms with Crippen molar-refractivity contribution in [3.63, 3.8) is 0 Å². The summed E-state index contributed by atoms with van der Waals surface area (Å²) in [6, 6.07) is 15.7. The van der Waals surface area contributed by atoms with Gasteiger partial charge in [0, 0.05) is 24.7 Å². The van der Waals surface area contributed by atoms with Crippen molar-refractivity contribution in [2.75, 3.05) is 19.7 Å². The van der Waals surface area contributed by atoms with Gasteiger partial charge in [0.25, 0.3) is 5.91 Å². The summed E-state index contributed by atoms with van der Waals surface area (Å²) in [5.41, 5.74) is 0.755. The van der Waals surface area contributed by atoms with E-state index < -0.39 is 0 Å². The van der Waals surface area contributed by atoms with Gasteiger partial charge >= 0.3 is 0 Å². The van der Waals surface area contributed by atoms with E-state index in [1.165, 1.54) is 12.1 Å². The van der Waals surface area contributed by atoms with Crippen LogP contribution in [-0.4, -0.2) is 30.5 Å². The summed E-state index contributed by atoms with van der Waals surface area (Å²) in [5, 5.41) is 0. The van der Waals surface area contributed by atoms with Crippen LogP contribution >= 0.6 is 0 Å². The number of likely N-dealkylation sites (tertiary alicyclic amines) is 1. The average Bonchev–Trinajstić information content (AvgIpc) is 2.63. The number of hydrogen-bond donors (Lipinski definition) is 0. The van der Waals surface area contributed by atoms with Crippen LogP contribution in [0.1, 0.15) is 29.6 Å². The summed E-state index contributed by atoms with van der Waals surface area (Å²) in [7, 11) is 0. The molecule has 3 nitrogen and oxygen atoms in total. The van der Waals surface area contributed by atoms with E-state index in [4.69, 9.17) is 4.74 Å². The molecule has 3 rings (SSSR count). The molecular formula is C20H22FNO2. The van der Waals surface area contributed by atoms with Crippen molar-refractivity contribution >= 4 is 5.91 Å². The first-order valence-corrected chi connectivity index (χ1v) is 8.45. The van der Waals surface area contributed by atoms with E-state index in [2.05, 4.69) is 0 Å². The first kappa shape index (κ1) is 16.5. The van der Waals surface area contributed by atoms with E-state index in [0.29, 0.717) is 18.3 Å². The van der Waals surface area contributed by atoms with Gasteiger partial charge in [-0.05, 0) is 49.4 Å². The number of nitrogens with zero attached hydrogens (tertiary/aromatic N) is 1. The van der Waals surface area contributed by atoms with Gasteiger partial charge in [0.1, 0.15) is 11.6 Å². The van der Waals surface area contributed by atoms with Crippen molar-refractivity contribution in [1.29, 1.82) is 0 Å². The smallest absolute Gasteiger partial charge is 0.253 e. The molecule has 0 spiro atoms. The molecule has 1 aliphatic heterocycles. The molecule has 0 N–H and O–H groups in total. The highest BCUT2D eigenvalue weighted by Gasteiger charge is 2.23. The fraction of sp³-hybridized carbons (Fsp3) is 0.350. The molecule has 1 aliphatic rings. The molecule has 24 heavy (non-hydrogen) atoms. The van der Waals surface area contributed by atoms with E-state index in [1.54, 1.807) is 12.1 Å². The summed E-state index contributed by atoms with van der Waals surface area (Å²) < 4.78 is 18.7. The van der Waals surface area contributed by atoms with Crippen molar-refractivity contribution in [3.8, 4) is 5.75 Å². The molecule has 1 heterocycles. The highest BCUT2D eigenvalue weighted by Crippen LogP contribution is 2.22. The van der Waals surface area contributed by atoms with Crippen LogP contribution in [0.2, 0.25) is 0 Å². The van der Waals surface area contributed by atoms with Gasteiger partial charge in [-0.3, -0.25) is 4.79 Å². The minimum absolute atomic E-state index is 0.116. The van der Waals surface area contributed by atoms with Gasteiger partial charge in [0.05, 0.1) is 6.61 Å². The molecule has 1 amide bonds. The number of halogens is 1. The van der Waals surface area contributed by atoms with Crippen molar-refractivity contribution in [3.05, 3.63) is 66.0 Å². The Balaban J connectivity index is 1.41. The molecule has 0 aliphatic carbocycles. The second kappa shape index (κ2) is 7.95. The van der Waals surface area contributed by atoms with Crippen molar-refractivity contribution < 1.29 is 13.9 Å². The Hall–Kier alpha value is -2.36. The first-order valence-electron chi connectivity index (χ1n) is 8.45. The van der Waals surface area contributed by atoms with E-state index in [1.807, 2.05) is 35.2 Å². The largest absolute Gasteiger partial charge is 0.493 e. The number of ether oxygens (including phenoxy) is 1. The lowest BCUT2D eigenvalue weighted by Crippen LogP contribution is -2.38. The maximum Gasteiger partial charge on any atom is 0.253 e. The molecule has 0 aromatic heterocycles. The van der Waals surface area contributed by atoms with Gasteiger partial charge < -0.3 is 9.64 Å². The fourth-order valence-electron chi connectivity index (χ4n) is 3.09. The van der Waals surface area contributed by atoms with Gasteiger partial charge in [0.15, 0.2) is 0 Å². The number of benzene rings is 2. The van der Waals surface area contributed by atoms with E-state index in [9.17, 15) is 9.18 Å². The van der Waals surface area contributed by atoms with Gasteiger partial charge in [-0.15, -0.1) is 0 Å². The highest BCUT2D eigenvalue weighted by molar-refractivity contribution is 5.94. The van der Waals surface area contributed by atoms with Gasteiger partial charge in [-0.2, -0.15) is 0 Å². The zero-order valence-corrected chi connectivity index (χ0v) is 13.7. The summed E-state index contributed by atoms with van der Waals surface area (Å²) in [5.74, 6) is 0.968. The predicted molar refractivity (Wildman–Crippen MR) is 91.6 cm³/mol. The molecule has 0 bridgehead atoms. The topological polar surface area (TPSA) is 29.5 Å². The summed E-state index contributed by atoms with van der Waals surface area (Å²) in [4.78, 5) is 14.3. The number of carbonyl (C=O) groups is 1. The molecule has 1 saturated heterocycles.